The fraction of sp³-hybridized carbons (Fsp3) is 0.250. The van der Waals surface area contributed by atoms with E-state index in [2.05, 4.69) is 16.4 Å². The van der Waals surface area contributed by atoms with Crippen LogP contribution >= 0.6 is 0 Å². The number of aromatic nitrogens is 1. The maximum absolute atomic E-state index is 12.6. The Balaban J connectivity index is 1.89. The summed E-state index contributed by atoms with van der Waals surface area (Å²) in [6, 6.07) is 11.7. The Morgan fingerprint density at radius 2 is 2.20 bits per heavy atom. The lowest BCUT2D eigenvalue weighted by atomic mass is 10.1. The molecule has 0 saturated heterocycles. The molecule has 20 heavy (non-hydrogen) atoms. The summed E-state index contributed by atoms with van der Waals surface area (Å²) in [5.41, 5.74) is 3.85. The summed E-state index contributed by atoms with van der Waals surface area (Å²) < 4.78 is 0. The van der Waals surface area contributed by atoms with Crippen molar-refractivity contribution in [3.63, 3.8) is 0 Å². The molecule has 0 unspecified atom stereocenters. The van der Waals surface area contributed by atoms with Crippen molar-refractivity contribution in [2.24, 2.45) is 0 Å². The van der Waals surface area contributed by atoms with E-state index in [-0.39, 0.29) is 5.91 Å². The molecule has 4 nitrogen and oxygen atoms in total. The minimum absolute atomic E-state index is 0.0507. The monoisotopic (exact) mass is 267 g/mol. The second kappa shape index (κ2) is 5.43. The molecule has 3 rings (SSSR count). The zero-order chi connectivity index (χ0) is 13.9. The maximum Gasteiger partial charge on any atom is 0.258 e. The average molecular weight is 267 g/mol. The highest BCUT2D eigenvalue weighted by Crippen LogP contribution is 2.28. The lowest BCUT2D eigenvalue weighted by Gasteiger charge is -2.17. The fourth-order valence-electron chi connectivity index (χ4n) is 2.59. The summed E-state index contributed by atoms with van der Waals surface area (Å²) >= 11 is 0. The standard InChI is InChI=1S/C16H17N3O/c1-17-11-14-10-13(6-8-18-14)16(20)19-9-7-12-4-2-3-5-15(12)19/h2-6,8,10,17H,7,9,11H2,1H3. The molecule has 1 aliphatic heterocycles. The molecule has 0 spiro atoms. The lowest BCUT2D eigenvalue weighted by Crippen LogP contribution is -2.29. The number of pyridine rings is 1. The molecule has 0 fully saturated rings. The number of nitrogens with one attached hydrogen (secondary N) is 1. The summed E-state index contributed by atoms with van der Waals surface area (Å²) in [5, 5.41) is 3.05. The molecule has 2 aromatic rings. The van der Waals surface area contributed by atoms with Crippen molar-refractivity contribution in [3.05, 3.63) is 59.4 Å². The first kappa shape index (κ1) is 12.8. The number of nitrogens with zero attached hydrogens (tertiary/aromatic N) is 2. The third-order valence-electron chi connectivity index (χ3n) is 3.55. The summed E-state index contributed by atoms with van der Waals surface area (Å²) in [6.45, 7) is 1.42. The van der Waals surface area contributed by atoms with Gasteiger partial charge in [-0.1, -0.05) is 18.2 Å². The van der Waals surface area contributed by atoms with Gasteiger partial charge in [-0.05, 0) is 37.2 Å². The topological polar surface area (TPSA) is 45.2 Å². The zero-order valence-electron chi connectivity index (χ0n) is 11.5. The number of anilines is 1. The van der Waals surface area contributed by atoms with E-state index in [1.165, 1.54) is 5.56 Å². The van der Waals surface area contributed by atoms with Crippen molar-refractivity contribution in [1.82, 2.24) is 10.3 Å². The summed E-state index contributed by atoms with van der Waals surface area (Å²) in [7, 11) is 1.87. The Bertz CT molecular complexity index is 639. The number of amides is 1. The van der Waals surface area contributed by atoms with Crippen molar-refractivity contribution in [2.75, 3.05) is 18.5 Å². The van der Waals surface area contributed by atoms with Crippen LogP contribution in [-0.4, -0.2) is 24.5 Å². The Morgan fingerprint density at radius 3 is 3.05 bits per heavy atom. The Kier molecular flexibility index (Phi) is 3.48. The second-order valence-electron chi connectivity index (χ2n) is 4.90. The highest BCUT2D eigenvalue weighted by atomic mass is 16.2. The first-order chi connectivity index (χ1) is 9.79. The highest BCUT2D eigenvalue weighted by Gasteiger charge is 2.25. The molecule has 0 aliphatic carbocycles. The van der Waals surface area contributed by atoms with Crippen molar-refractivity contribution < 1.29 is 4.79 Å². The van der Waals surface area contributed by atoms with E-state index in [1.807, 2.05) is 36.2 Å². The van der Waals surface area contributed by atoms with Crippen molar-refractivity contribution in [1.29, 1.82) is 0 Å². The third-order valence-corrected chi connectivity index (χ3v) is 3.55. The number of para-hydroxylation sites is 1. The third kappa shape index (κ3) is 2.30. The molecule has 0 atom stereocenters. The summed E-state index contributed by atoms with van der Waals surface area (Å²) in [4.78, 5) is 18.7. The van der Waals surface area contributed by atoms with E-state index in [1.54, 1.807) is 12.3 Å². The Hall–Kier alpha value is -2.20. The zero-order valence-corrected chi connectivity index (χ0v) is 11.5. The predicted octanol–water partition coefficient (Wildman–Crippen LogP) is 2.00. The fourth-order valence-corrected chi connectivity index (χ4v) is 2.59. The van der Waals surface area contributed by atoms with Crippen molar-refractivity contribution >= 4 is 11.6 Å². The lowest BCUT2D eigenvalue weighted by molar-refractivity contribution is 0.0989. The molecule has 0 bridgehead atoms. The van der Waals surface area contributed by atoms with Gasteiger partial charge in [0.25, 0.3) is 5.91 Å². The van der Waals surface area contributed by atoms with Gasteiger partial charge in [-0.2, -0.15) is 0 Å². The number of hydrogen-bond donors (Lipinski definition) is 1. The van der Waals surface area contributed by atoms with Crippen LogP contribution in [0.25, 0.3) is 0 Å². The molecule has 0 radical (unpaired) electrons. The number of hydrogen-bond acceptors (Lipinski definition) is 3. The van der Waals surface area contributed by atoms with Gasteiger partial charge in [-0.15, -0.1) is 0 Å². The largest absolute Gasteiger partial charge is 0.314 e. The SMILES string of the molecule is CNCc1cc(C(=O)N2CCc3ccccc32)ccn1. The number of carbonyl (C=O) groups excluding carboxylic acids is 1. The molecule has 1 aromatic heterocycles. The predicted molar refractivity (Wildman–Crippen MR) is 78.8 cm³/mol. The molecule has 0 saturated carbocycles. The molecule has 102 valence electrons. The van der Waals surface area contributed by atoms with Gasteiger partial charge in [0.1, 0.15) is 0 Å². The van der Waals surface area contributed by atoms with Gasteiger partial charge in [0, 0.05) is 30.5 Å². The van der Waals surface area contributed by atoms with Gasteiger partial charge in [-0.3, -0.25) is 9.78 Å². The summed E-state index contributed by atoms with van der Waals surface area (Å²) in [5.74, 6) is 0.0507. The first-order valence-corrected chi connectivity index (χ1v) is 6.79. The number of fused-ring (bicyclic) bond motifs is 1. The van der Waals surface area contributed by atoms with Crippen molar-refractivity contribution in [2.45, 2.75) is 13.0 Å². The smallest absolute Gasteiger partial charge is 0.258 e. The molecular formula is C16H17N3O. The average Bonchev–Trinajstić information content (AvgIpc) is 2.91. The van der Waals surface area contributed by atoms with Crippen molar-refractivity contribution in [3.8, 4) is 0 Å². The molecule has 1 aromatic carbocycles. The molecule has 2 heterocycles. The van der Waals surface area contributed by atoms with Crippen LogP contribution in [0.1, 0.15) is 21.6 Å². The van der Waals surface area contributed by atoms with Crippen LogP contribution in [0.3, 0.4) is 0 Å². The maximum atomic E-state index is 12.6. The van der Waals surface area contributed by atoms with E-state index in [0.29, 0.717) is 12.1 Å². The normalized spacial score (nSPS) is 13.3. The minimum atomic E-state index is 0.0507. The van der Waals surface area contributed by atoms with Crippen LogP contribution in [0.4, 0.5) is 5.69 Å². The first-order valence-electron chi connectivity index (χ1n) is 6.79. The highest BCUT2D eigenvalue weighted by molar-refractivity contribution is 6.07. The van der Waals surface area contributed by atoms with Gasteiger partial charge in [0.15, 0.2) is 0 Å². The van der Waals surface area contributed by atoms with Gasteiger partial charge in [0.2, 0.25) is 0 Å². The van der Waals surface area contributed by atoms with Gasteiger partial charge in [0.05, 0.1) is 5.69 Å². The summed E-state index contributed by atoms with van der Waals surface area (Å²) in [6.07, 6.45) is 2.62. The van der Waals surface area contributed by atoms with Gasteiger partial charge >= 0.3 is 0 Å². The Labute approximate surface area is 118 Å². The van der Waals surface area contributed by atoms with Crippen LogP contribution < -0.4 is 10.2 Å². The minimum Gasteiger partial charge on any atom is -0.314 e. The van der Waals surface area contributed by atoms with Crippen LogP contribution in [0.5, 0.6) is 0 Å². The van der Waals surface area contributed by atoms with Gasteiger partial charge in [-0.25, -0.2) is 0 Å². The van der Waals surface area contributed by atoms with E-state index in [4.69, 9.17) is 0 Å². The Morgan fingerprint density at radius 1 is 1.35 bits per heavy atom. The molecule has 1 aliphatic rings. The quantitative estimate of drug-likeness (QED) is 0.925. The van der Waals surface area contributed by atoms with E-state index >= 15 is 0 Å². The number of carbonyl (C=O) groups is 1. The molecular weight excluding hydrogens is 250 g/mol. The van der Waals surface area contributed by atoms with Gasteiger partial charge < -0.3 is 10.2 Å². The number of rotatable bonds is 3. The molecule has 1 N–H and O–H groups in total. The van der Waals surface area contributed by atoms with Crippen LogP contribution in [0, 0.1) is 0 Å². The number of benzene rings is 1. The van der Waals surface area contributed by atoms with Crippen LogP contribution in [-0.2, 0) is 13.0 Å². The van der Waals surface area contributed by atoms with Crippen LogP contribution in [0.15, 0.2) is 42.6 Å². The van der Waals surface area contributed by atoms with Crippen LogP contribution in [0.2, 0.25) is 0 Å². The van der Waals surface area contributed by atoms with E-state index < -0.39 is 0 Å². The molecule has 1 amide bonds. The van der Waals surface area contributed by atoms with E-state index in [9.17, 15) is 4.79 Å². The second-order valence-corrected chi connectivity index (χ2v) is 4.90. The molecule has 4 heteroatoms. The van der Waals surface area contributed by atoms with E-state index in [0.717, 1.165) is 24.3 Å².